The Hall–Kier alpha value is -1.38. The van der Waals surface area contributed by atoms with E-state index in [-0.39, 0.29) is 24.1 Å². The molecule has 0 unspecified atom stereocenters. The summed E-state index contributed by atoms with van der Waals surface area (Å²) in [5.41, 5.74) is 0. The Morgan fingerprint density at radius 3 is 2.63 bits per heavy atom. The van der Waals surface area contributed by atoms with Crippen LogP contribution in [0.15, 0.2) is 21.6 Å². The van der Waals surface area contributed by atoms with E-state index in [0.29, 0.717) is 5.76 Å². The van der Waals surface area contributed by atoms with Gasteiger partial charge < -0.3 is 14.6 Å². The van der Waals surface area contributed by atoms with Gasteiger partial charge in [0.2, 0.25) is 11.0 Å². The Morgan fingerprint density at radius 2 is 2.05 bits per heavy atom. The molecule has 0 spiro atoms. The molecule has 1 saturated heterocycles. The Labute approximate surface area is 111 Å². The van der Waals surface area contributed by atoms with Crippen LogP contribution in [0.1, 0.15) is 18.6 Å². The molecule has 0 radical (unpaired) electrons. The Morgan fingerprint density at radius 1 is 1.37 bits per heavy atom. The van der Waals surface area contributed by atoms with Crippen molar-refractivity contribution in [2.45, 2.75) is 24.5 Å². The fraction of sp³-hybridized carbons (Fsp3) is 0.545. The molecule has 1 fully saturated rings. The quantitative estimate of drug-likeness (QED) is 0.769. The SMILES string of the molecule is NS(=O)(=O)c1ccc(CNCC(=O)N2CCCC2)o1. The first-order valence-electron chi connectivity index (χ1n) is 6.07. The highest BCUT2D eigenvalue weighted by molar-refractivity contribution is 7.89. The molecule has 3 N–H and O–H groups in total. The van der Waals surface area contributed by atoms with Crippen molar-refractivity contribution in [3.63, 3.8) is 0 Å². The second-order valence-corrected chi connectivity index (χ2v) is 5.95. The predicted molar refractivity (Wildman–Crippen MR) is 67.6 cm³/mol. The third kappa shape index (κ3) is 3.79. The highest BCUT2D eigenvalue weighted by atomic mass is 32.2. The lowest BCUT2D eigenvalue weighted by atomic mass is 10.4. The lowest BCUT2D eigenvalue weighted by molar-refractivity contribution is -0.129. The first-order chi connectivity index (χ1) is 8.97. The molecule has 19 heavy (non-hydrogen) atoms. The summed E-state index contributed by atoms with van der Waals surface area (Å²) in [4.78, 5) is 13.5. The maximum Gasteiger partial charge on any atom is 0.271 e. The van der Waals surface area contributed by atoms with Crippen LogP contribution in [0.2, 0.25) is 0 Å². The van der Waals surface area contributed by atoms with Crippen LogP contribution in [0.4, 0.5) is 0 Å². The summed E-state index contributed by atoms with van der Waals surface area (Å²) in [7, 11) is -3.81. The first-order valence-corrected chi connectivity index (χ1v) is 7.61. The number of hydrogen-bond donors (Lipinski definition) is 2. The molecule has 106 valence electrons. The number of carbonyl (C=O) groups excluding carboxylic acids is 1. The molecule has 0 aliphatic carbocycles. The zero-order chi connectivity index (χ0) is 13.9. The molecular weight excluding hydrogens is 270 g/mol. The van der Waals surface area contributed by atoms with Gasteiger partial charge in [-0.05, 0) is 25.0 Å². The van der Waals surface area contributed by atoms with Crippen LogP contribution >= 0.6 is 0 Å². The molecule has 0 atom stereocenters. The molecule has 1 aromatic rings. The second kappa shape index (κ2) is 5.72. The summed E-state index contributed by atoms with van der Waals surface area (Å²) in [6.07, 6.45) is 2.11. The van der Waals surface area contributed by atoms with Crippen molar-refractivity contribution in [1.29, 1.82) is 0 Å². The number of likely N-dealkylation sites (tertiary alicyclic amines) is 1. The minimum absolute atomic E-state index is 0.0516. The highest BCUT2D eigenvalue weighted by Crippen LogP contribution is 2.12. The average Bonchev–Trinajstić information content (AvgIpc) is 2.99. The van der Waals surface area contributed by atoms with E-state index in [4.69, 9.17) is 9.56 Å². The molecule has 1 aromatic heterocycles. The zero-order valence-corrected chi connectivity index (χ0v) is 11.3. The number of primary sulfonamides is 1. The van der Waals surface area contributed by atoms with Crippen molar-refractivity contribution >= 4 is 15.9 Å². The molecule has 1 amide bonds. The Kier molecular flexibility index (Phi) is 4.23. The highest BCUT2D eigenvalue weighted by Gasteiger charge is 2.17. The van der Waals surface area contributed by atoms with Crippen LogP contribution in [0.5, 0.6) is 0 Å². The van der Waals surface area contributed by atoms with Crippen molar-refractivity contribution in [3.8, 4) is 0 Å². The fourth-order valence-electron chi connectivity index (χ4n) is 1.98. The van der Waals surface area contributed by atoms with Crippen LogP contribution in [0, 0.1) is 0 Å². The van der Waals surface area contributed by atoms with Gasteiger partial charge >= 0.3 is 0 Å². The monoisotopic (exact) mass is 287 g/mol. The lowest BCUT2D eigenvalue weighted by Gasteiger charge is -2.15. The van der Waals surface area contributed by atoms with Crippen molar-refractivity contribution in [3.05, 3.63) is 17.9 Å². The second-order valence-electron chi connectivity index (χ2n) is 4.46. The summed E-state index contributed by atoms with van der Waals surface area (Å²) >= 11 is 0. The molecule has 0 aromatic carbocycles. The molecular formula is C11H17N3O4S. The number of amides is 1. The third-order valence-electron chi connectivity index (χ3n) is 2.95. The number of furan rings is 1. The van der Waals surface area contributed by atoms with Gasteiger partial charge in [0.15, 0.2) is 0 Å². The largest absolute Gasteiger partial charge is 0.447 e. The van der Waals surface area contributed by atoms with Gasteiger partial charge in [-0.15, -0.1) is 0 Å². The fourth-order valence-corrected chi connectivity index (χ4v) is 2.46. The smallest absolute Gasteiger partial charge is 0.271 e. The maximum absolute atomic E-state index is 11.7. The Bertz CT molecular complexity index is 546. The standard InChI is InChI=1S/C11H17N3O4S/c12-19(16,17)11-4-3-9(18-11)7-13-8-10(15)14-5-1-2-6-14/h3-4,13H,1-2,5-8H2,(H2,12,16,17). The van der Waals surface area contributed by atoms with Crippen LogP contribution in [0.25, 0.3) is 0 Å². The van der Waals surface area contributed by atoms with Crippen LogP contribution in [-0.4, -0.2) is 38.9 Å². The predicted octanol–water partition coefficient (Wildman–Crippen LogP) is -0.361. The van der Waals surface area contributed by atoms with E-state index in [1.165, 1.54) is 12.1 Å². The minimum Gasteiger partial charge on any atom is -0.447 e. The summed E-state index contributed by atoms with van der Waals surface area (Å²) in [5.74, 6) is 0.481. The third-order valence-corrected chi connectivity index (χ3v) is 3.73. The molecule has 1 aliphatic rings. The van der Waals surface area contributed by atoms with E-state index in [1.54, 1.807) is 0 Å². The number of carbonyl (C=O) groups is 1. The van der Waals surface area contributed by atoms with E-state index in [2.05, 4.69) is 5.32 Å². The maximum atomic E-state index is 11.7. The van der Waals surface area contributed by atoms with E-state index in [0.717, 1.165) is 25.9 Å². The molecule has 1 aliphatic heterocycles. The summed E-state index contributed by atoms with van der Waals surface area (Å²) in [5, 5.41) is 7.58. The van der Waals surface area contributed by atoms with Gasteiger partial charge in [-0.25, -0.2) is 13.6 Å². The molecule has 2 rings (SSSR count). The topological polar surface area (TPSA) is 106 Å². The molecule has 2 heterocycles. The van der Waals surface area contributed by atoms with Crippen molar-refractivity contribution in [2.75, 3.05) is 19.6 Å². The number of rotatable bonds is 5. The summed E-state index contributed by atoms with van der Waals surface area (Å²) in [6.45, 7) is 2.13. The zero-order valence-electron chi connectivity index (χ0n) is 10.5. The van der Waals surface area contributed by atoms with E-state index < -0.39 is 10.0 Å². The van der Waals surface area contributed by atoms with Crippen LogP contribution < -0.4 is 10.5 Å². The van der Waals surface area contributed by atoms with Crippen molar-refractivity contribution in [2.24, 2.45) is 5.14 Å². The summed E-state index contributed by atoms with van der Waals surface area (Å²) < 4.78 is 27.1. The van der Waals surface area contributed by atoms with Gasteiger partial charge in [0.1, 0.15) is 5.76 Å². The van der Waals surface area contributed by atoms with E-state index in [9.17, 15) is 13.2 Å². The molecule has 7 nitrogen and oxygen atoms in total. The van der Waals surface area contributed by atoms with Crippen molar-refractivity contribution in [1.82, 2.24) is 10.2 Å². The lowest BCUT2D eigenvalue weighted by Crippen LogP contribution is -2.35. The van der Waals surface area contributed by atoms with Crippen LogP contribution in [0.3, 0.4) is 0 Å². The molecule has 0 bridgehead atoms. The summed E-state index contributed by atoms with van der Waals surface area (Å²) in [6, 6.07) is 2.82. The minimum atomic E-state index is -3.81. The average molecular weight is 287 g/mol. The molecule has 0 saturated carbocycles. The number of sulfonamides is 1. The van der Waals surface area contributed by atoms with Gasteiger partial charge in [0.25, 0.3) is 10.0 Å². The van der Waals surface area contributed by atoms with Gasteiger partial charge in [-0.1, -0.05) is 0 Å². The Balaban J connectivity index is 1.79. The first kappa shape index (κ1) is 14.0. The van der Waals surface area contributed by atoms with Crippen LogP contribution in [-0.2, 0) is 21.4 Å². The number of nitrogens with one attached hydrogen (secondary N) is 1. The number of nitrogens with zero attached hydrogens (tertiary/aromatic N) is 1. The van der Waals surface area contributed by atoms with Crippen molar-refractivity contribution < 1.29 is 17.6 Å². The van der Waals surface area contributed by atoms with Gasteiger partial charge in [0.05, 0.1) is 13.1 Å². The van der Waals surface area contributed by atoms with Gasteiger partial charge in [0, 0.05) is 13.1 Å². The van der Waals surface area contributed by atoms with E-state index in [1.807, 2.05) is 4.90 Å². The number of nitrogens with two attached hydrogens (primary N) is 1. The van der Waals surface area contributed by atoms with Gasteiger partial charge in [-0.2, -0.15) is 0 Å². The normalized spacial score (nSPS) is 15.9. The van der Waals surface area contributed by atoms with Gasteiger partial charge in [-0.3, -0.25) is 4.79 Å². The van der Waals surface area contributed by atoms with E-state index >= 15 is 0 Å². The molecule has 8 heteroatoms. The number of hydrogen-bond acceptors (Lipinski definition) is 5.